The van der Waals surface area contributed by atoms with Crippen molar-refractivity contribution >= 4 is 21.4 Å². The van der Waals surface area contributed by atoms with Crippen LogP contribution in [0.5, 0.6) is 0 Å². The molecule has 1 aliphatic heterocycles. The Kier molecular flexibility index (Phi) is 2.80. The first kappa shape index (κ1) is 11.0. The Bertz CT molecular complexity index is 465. The van der Waals surface area contributed by atoms with Crippen LogP contribution in [0.2, 0.25) is 0 Å². The van der Waals surface area contributed by atoms with Crippen LogP contribution in [0, 0.1) is 5.82 Å². The smallest absolute Gasteiger partial charge is 0.250 e. The number of halogens is 1. The van der Waals surface area contributed by atoms with Gasteiger partial charge in [-0.15, -0.1) is 11.3 Å². The fraction of sp³-hybridized carbons (Fsp3) is 0.500. The van der Waals surface area contributed by atoms with Crippen LogP contribution in [-0.4, -0.2) is 26.4 Å². The lowest BCUT2D eigenvalue weighted by Gasteiger charge is -2.29. The zero-order valence-corrected chi connectivity index (χ0v) is 9.57. The van der Waals surface area contributed by atoms with Crippen molar-refractivity contribution in [1.82, 2.24) is 4.90 Å². The summed E-state index contributed by atoms with van der Waals surface area (Å²) in [5, 5.41) is 4.88. The molecule has 4 nitrogen and oxygen atoms in total. The molecule has 2 heterocycles. The summed E-state index contributed by atoms with van der Waals surface area (Å²) in [6, 6.07) is 1.25. The maximum atomic E-state index is 13.2. The molecule has 0 aromatic carbocycles. The van der Waals surface area contributed by atoms with Gasteiger partial charge in [-0.3, -0.25) is 4.90 Å². The SMILES string of the molecule is NS(=O)(=O)c1sc(CN2CCC2)cc1F. The summed E-state index contributed by atoms with van der Waals surface area (Å²) in [5.74, 6) is -0.738. The van der Waals surface area contributed by atoms with Gasteiger partial charge in [0.25, 0.3) is 10.0 Å². The Labute approximate surface area is 91.6 Å². The second kappa shape index (κ2) is 3.82. The van der Waals surface area contributed by atoms with Crippen molar-refractivity contribution in [3.63, 3.8) is 0 Å². The molecule has 0 amide bonds. The van der Waals surface area contributed by atoms with Crippen LogP contribution in [0.4, 0.5) is 4.39 Å². The van der Waals surface area contributed by atoms with Gasteiger partial charge in [-0.2, -0.15) is 0 Å². The molecule has 15 heavy (non-hydrogen) atoms. The highest BCUT2D eigenvalue weighted by atomic mass is 32.2. The van der Waals surface area contributed by atoms with Crippen LogP contribution in [0.3, 0.4) is 0 Å². The van der Waals surface area contributed by atoms with Gasteiger partial charge in [0.1, 0.15) is 0 Å². The second-order valence-electron chi connectivity index (χ2n) is 3.52. The quantitative estimate of drug-likeness (QED) is 0.860. The molecule has 1 aliphatic rings. The second-order valence-corrected chi connectivity index (χ2v) is 6.42. The van der Waals surface area contributed by atoms with Crippen molar-refractivity contribution < 1.29 is 12.8 Å². The molecule has 1 saturated heterocycles. The van der Waals surface area contributed by atoms with Crippen molar-refractivity contribution in [2.75, 3.05) is 13.1 Å². The summed E-state index contributed by atoms with van der Waals surface area (Å²) in [6.07, 6.45) is 1.15. The molecular formula is C8H11FN2O2S2. The van der Waals surface area contributed by atoms with Crippen molar-refractivity contribution in [3.8, 4) is 0 Å². The van der Waals surface area contributed by atoms with Gasteiger partial charge in [-0.25, -0.2) is 17.9 Å². The Morgan fingerprint density at radius 1 is 1.53 bits per heavy atom. The first-order valence-corrected chi connectivity index (χ1v) is 6.86. The van der Waals surface area contributed by atoms with Gasteiger partial charge < -0.3 is 0 Å². The van der Waals surface area contributed by atoms with E-state index in [0.29, 0.717) is 11.4 Å². The number of likely N-dealkylation sites (tertiary alicyclic amines) is 1. The predicted octanol–water partition coefficient (Wildman–Crippen LogP) is 0.740. The van der Waals surface area contributed by atoms with Crippen LogP contribution < -0.4 is 5.14 Å². The van der Waals surface area contributed by atoms with Gasteiger partial charge in [0.05, 0.1) is 0 Å². The highest BCUT2D eigenvalue weighted by molar-refractivity contribution is 7.91. The number of nitrogens with two attached hydrogens (primary N) is 1. The Morgan fingerprint density at radius 3 is 2.60 bits per heavy atom. The number of primary sulfonamides is 1. The van der Waals surface area contributed by atoms with E-state index in [-0.39, 0.29) is 4.21 Å². The molecule has 84 valence electrons. The topological polar surface area (TPSA) is 63.4 Å². The van der Waals surface area contributed by atoms with Crippen LogP contribution >= 0.6 is 11.3 Å². The Hall–Kier alpha value is -0.500. The highest BCUT2D eigenvalue weighted by Crippen LogP contribution is 2.26. The van der Waals surface area contributed by atoms with E-state index in [9.17, 15) is 12.8 Å². The van der Waals surface area contributed by atoms with E-state index in [2.05, 4.69) is 4.90 Å². The first-order valence-electron chi connectivity index (χ1n) is 4.50. The van der Waals surface area contributed by atoms with Crippen molar-refractivity contribution in [2.24, 2.45) is 5.14 Å². The van der Waals surface area contributed by atoms with E-state index in [1.165, 1.54) is 6.07 Å². The van der Waals surface area contributed by atoms with Crippen LogP contribution in [0.15, 0.2) is 10.3 Å². The van der Waals surface area contributed by atoms with Gasteiger partial charge >= 0.3 is 0 Å². The summed E-state index contributed by atoms with van der Waals surface area (Å²) < 4.78 is 34.8. The van der Waals surface area contributed by atoms with Gasteiger partial charge in [-0.05, 0) is 25.6 Å². The number of hydrogen-bond acceptors (Lipinski definition) is 4. The average Bonchev–Trinajstić information content (AvgIpc) is 2.38. The van der Waals surface area contributed by atoms with E-state index in [0.717, 1.165) is 30.8 Å². The summed E-state index contributed by atoms with van der Waals surface area (Å²) in [5.41, 5.74) is 0. The molecule has 0 unspecified atom stereocenters. The largest absolute Gasteiger partial charge is 0.298 e. The standard InChI is InChI=1S/C8H11FN2O2S2/c9-7-4-6(5-11-2-1-3-11)14-8(7)15(10,12)13/h4H,1-3,5H2,(H2,10,12,13). The third-order valence-electron chi connectivity index (χ3n) is 2.29. The number of rotatable bonds is 3. The van der Waals surface area contributed by atoms with E-state index < -0.39 is 15.8 Å². The number of thiophene rings is 1. The zero-order valence-electron chi connectivity index (χ0n) is 7.94. The van der Waals surface area contributed by atoms with Crippen LogP contribution in [0.25, 0.3) is 0 Å². The maximum Gasteiger partial charge on any atom is 0.250 e. The minimum Gasteiger partial charge on any atom is -0.298 e. The van der Waals surface area contributed by atoms with E-state index in [1.54, 1.807) is 0 Å². The average molecular weight is 250 g/mol. The molecule has 0 aliphatic carbocycles. The summed E-state index contributed by atoms with van der Waals surface area (Å²) in [4.78, 5) is 2.83. The number of sulfonamides is 1. The Balaban J connectivity index is 2.20. The van der Waals surface area contributed by atoms with Gasteiger partial charge in [0, 0.05) is 11.4 Å². The van der Waals surface area contributed by atoms with Crippen molar-refractivity contribution in [3.05, 3.63) is 16.8 Å². The molecule has 0 radical (unpaired) electrons. The summed E-state index contributed by atoms with van der Waals surface area (Å²) in [7, 11) is -3.91. The maximum absolute atomic E-state index is 13.2. The van der Waals surface area contributed by atoms with Crippen LogP contribution in [-0.2, 0) is 16.6 Å². The van der Waals surface area contributed by atoms with Gasteiger partial charge in [0.2, 0.25) is 0 Å². The molecule has 1 fully saturated rings. The third-order valence-corrected chi connectivity index (χ3v) is 4.84. The first-order chi connectivity index (χ1) is 6.97. The molecular weight excluding hydrogens is 239 g/mol. The van der Waals surface area contributed by atoms with E-state index >= 15 is 0 Å². The lowest BCUT2D eigenvalue weighted by Crippen LogP contribution is -2.35. The minimum atomic E-state index is -3.91. The zero-order chi connectivity index (χ0) is 11.1. The molecule has 0 bridgehead atoms. The molecule has 0 spiro atoms. The van der Waals surface area contributed by atoms with E-state index in [1.807, 2.05) is 0 Å². The summed E-state index contributed by atoms with van der Waals surface area (Å²) in [6.45, 7) is 2.59. The lowest BCUT2D eigenvalue weighted by molar-refractivity contribution is 0.174. The molecule has 0 atom stereocenters. The third kappa shape index (κ3) is 2.36. The van der Waals surface area contributed by atoms with Crippen molar-refractivity contribution in [1.29, 1.82) is 0 Å². The summed E-state index contributed by atoms with van der Waals surface area (Å²) >= 11 is 0.914. The fourth-order valence-electron chi connectivity index (χ4n) is 1.43. The number of hydrogen-bond donors (Lipinski definition) is 1. The lowest BCUT2D eigenvalue weighted by atomic mass is 10.2. The predicted molar refractivity (Wildman–Crippen MR) is 55.5 cm³/mol. The number of nitrogens with zero attached hydrogens (tertiary/aromatic N) is 1. The molecule has 0 saturated carbocycles. The highest BCUT2D eigenvalue weighted by Gasteiger charge is 2.21. The molecule has 1 aromatic heterocycles. The minimum absolute atomic E-state index is 0.363. The molecule has 7 heteroatoms. The molecule has 1 aromatic rings. The van der Waals surface area contributed by atoms with Gasteiger partial charge in [-0.1, -0.05) is 0 Å². The van der Waals surface area contributed by atoms with E-state index in [4.69, 9.17) is 5.14 Å². The van der Waals surface area contributed by atoms with Crippen molar-refractivity contribution in [2.45, 2.75) is 17.2 Å². The normalized spacial score (nSPS) is 17.7. The fourth-order valence-corrected chi connectivity index (χ4v) is 3.35. The monoisotopic (exact) mass is 250 g/mol. The molecule has 2 N–H and O–H groups in total. The molecule has 2 rings (SSSR count). The van der Waals surface area contributed by atoms with Crippen LogP contribution in [0.1, 0.15) is 11.3 Å². The Morgan fingerprint density at radius 2 is 2.20 bits per heavy atom. The van der Waals surface area contributed by atoms with Gasteiger partial charge in [0.15, 0.2) is 10.0 Å².